The number of carboxylic acids is 1. The zero-order chi connectivity index (χ0) is 13.2. The first-order chi connectivity index (χ1) is 9.24. The van der Waals surface area contributed by atoms with Gasteiger partial charge < -0.3 is 18.7 Å². The van der Waals surface area contributed by atoms with Gasteiger partial charge in [0, 0.05) is 0 Å². The van der Waals surface area contributed by atoms with Gasteiger partial charge in [0.2, 0.25) is 5.76 Å². The molecule has 0 atom stereocenters. The lowest BCUT2D eigenvalue weighted by Gasteiger charge is -2.03. The van der Waals surface area contributed by atoms with Crippen LogP contribution >= 0.6 is 0 Å². The van der Waals surface area contributed by atoms with E-state index >= 15 is 0 Å². The molecule has 2 heterocycles. The molecule has 3 rings (SSSR count). The number of furan rings is 1. The van der Waals surface area contributed by atoms with E-state index in [1.165, 1.54) is 12.5 Å². The average molecular weight is 259 g/mol. The van der Waals surface area contributed by atoms with Crippen LogP contribution in [0, 0.1) is 0 Å². The number of oxazole rings is 1. The van der Waals surface area contributed by atoms with E-state index in [1.807, 2.05) is 0 Å². The molecule has 6 heteroatoms. The SMILES string of the molecule is O=C(O)c1ccc(COc2cccc3ocnc23)o1. The smallest absolute Gasteiger partial charge is 0.371 e. The quantitative estimate of drug-likeness (QED) is 0.775. The van der Waals surface area contributed by atoms with Crippen molar-refractivity contribution in [3.05, 3.63) is 48.2 Å². The number of carboxylic acid groups (broad SMARTS) is 1. The Hall–Kier alpha value is -2.76. The summed E-state index contributed by atoms with van der Waals surface area (Å²) >= 11 is 0. The van der Waals surface area contributed by atoms with Gasteiger partial charge in [-0.3, -0.25) is 0 Å². The van der Waals surface area contributed by atoms with Crippen molar-refractivity contribution in [3.63, 3.8) is 0 Å². The predicted molar refractivity (Wildman–Crippen MR) is 64.0 cm³/mol. The van der Waals surface area contributed by atoms with Gasteiger partial charge in [-0.2, -0.15) is 0 Å². The monoisotopic (exact) mass is 259 g/mol. The molecular formula is C13H9NO5. The normalized spacial score (nSPS) is 10.7. The van der Waals surface area contributed by atoms with E-state index in [2.05, 4.69) is 4.98 Å². The van der Waals surface area contributed by atoms with Crippen molar-refractivity contribution in [3.8, 4) is 5.75 Å². The van der Waals surface area contributed by atoms with E-state index in [0.717, 1.165) is 0 Å². The maximum atomic E-state index is 10.7. The zero-order valence-corrected chi connectivity index (χ0v) is 9.70. The highest BCUT2D eigenvalue weighted by atomic mass is 16.5. The molecule has 0 saturated carbocycles. The molecule has 0 aliphatic carbocycles. The lowest BCUT2D eigenvalue weighted by molar-refractivity contribution is 0.0658. The lowest BCUT2D eigenvalue weighted by Crippen LogP contribution is -1.95. The molecule has 96 valence electrons. The first kappa shape index (κ1) is 11.3. The number of carbonyl (C=O) groups is 1. The van der Waals surface area contributed by atoms with E-state index in [0.29, 0.717) is 22.6 Å². The zero-order valence-electron chi connectivity index (χ0n) is 9.70. The number of ether oxygens (including phenoxy) is 1. The topological polar surface area (TPSA) is 85.7 Å². The minimum Gasteiger partial charge on any atom is -0.483 e. The third-order valence-electron chi connectivity index (χ3n) is 2.57. The van der Waals surface area contributed by atoms with Crippen LogP contribution in [-0.2, 0) is 6.61 Å². The van der Waals surface area contributed by atoms with Gasteiger partial charge in [-0.15, -0.1) is 0 Å². The van der Waals surface area contributed by atoms with Crippen LogP contribution in [0.2, 0.25) is 0 Å². The first-order valence-electron chi connectivity index (χ1n) is 5.51. The van der Waals surface area contributed by atoms with Gasteiger partial charge in [0.25, 0.3) is 0 Å². The predicted octanol–water partition coefficient (Wildman–Crippen LogP) is 2.70. The Labute approximate surface area is 107 Å². The van der Waals surface area contributed by atoms with Crippen LogP contribution in [0.4, 0.5) is 0 Å². The Bertz CT molecular complexity index is 727. The van der Waals surface area contributed by atoms with Crippen LogP contribution < -0.4 is 4.74 Å². The van der Waals surface area contributed by atoms with Crippen LogP contribution in [0.5, 0.6) is 5.75 Å². The van der Waals surface area contributed by atoms with E-state index in [1.54, 1.807) is 24.3 Å². The fraction of sp³-hybridized carbons (Fsp3) is 0.0769. The molecule has 19 heavy (non-hydrogen) atoms. The maximum absolute atomic E-state index is 10.7. The van der Waals surface area contributed by atoms with Crippen LogP contribution in [0.25, 0.3) is 11.1 Å². The van der Waals surface area contributed by atoms with Gasteiger partial charge in [0.15, 0.2) is 17.5 Å². The second-order valence-electron chi connectivity index (χ2n) is 3.82. The van der Waals surface area contributed by atoms with E-state index in [4.69, 9.17) is 18.7 Å². The maximum Gasteiger partial charge on any atom is 0.371 e. The molecule has 2 aromatic heterocycles. The molecule has 0 saturated heterocycles. The molecule has 6 nitrogen and oxygen atoms in total. The lowest BCUT2D eigenvalue weighted by atomic mass is 10.3. The summed E-state index contributed by atoms with van der Waals surface area (Å²) in [7, 11) is 0. The first-order valence-corrected chi connectivity index (χ1v) is 5.51. The number of benzene rings is 1. The second kappa shape index (κ2) is 4.49. The van der Waals surface area contributed by atoms with Crippen molar-refractivity contribution in [2.75, 3.05) is 0 Å². The van der Waals surface area contributed by atoms with E-state index in [-0.39, 0.29) is 12.4 Å². The summed E-state index contributed by atoms with van der Waals surface area (Å²) in [6, 6.07) is 8.27. The van der Waals surface area contributed by atoms with Gasteiger partial charge >= 0.3 is 5.97 Å². The van der Waals surface area contributed by atoms with Crippen molar-refractivity contribution in [2.45, 2.75) is 6.61 Å². The molecule has 0 unspecified atom stereocenters. The number of rotatable bonds is 4. The molecular weight excluding hydrogens is 250 g/mol. The number of hydrogen-bond acceptors (Lipinski definition) is 5. The molecule has 0 bridgehead atoms. The molecule has 0 spiro atoms. The van der Waals surface area contributed by atoms with Crippen molar-refractivity contribution in [1.82, 2.24) is 4.98 Å². The van der Waals surface area contributed by atoms with Gasteiger partial charge in [-0.1, -0.05) is 6.07 Å². The minimum atomic E-state index is -1.11. The number of nitrogens with zero attached hydrogens (tertiary/aromatic N) is 1. The standard InChI is InChI=1S/C13H9NO5/c15-13(16)11-5-4-8(19-11)6-17-9-2-1-3-10-12(9)14-7-18-10/h1-5,7H,6H2,(H,15,16). The molecule has 0 aliphatic heterocycles. The molecule has 0 radical (unpaired) electrons. The second-order valence-corrected chi connectivity index (χ2v) is 3.82. The Morgan fingerprint density at radius 3 is 3.00 bits per heavy atom. The third kappa shape index (κ3) is 2.15. The average Bonchev–Trinajstić information content (AvgIpc) is 3.05. The van der Waals surface area contributed by atoms with Crippen LogP contribution in [0.1, 0.15) is 16.3 Å². The van der Waals surface area contributed by atoms with E-state index in [9.17, 15) is 4.79 Å². The number of hydrogen-bond donors (Lipinski definition) is 1. The van der Waals surface area contributed by atoms with Gasteiger partial charge in [0.1, 0.15) is 18.1 Å². The van der Waals surface area contributed by atoms with Crippen LogP contribution in [0.15, 0.2) is 45.6 Å². The number of fused-ring (bicyclic) bond motifs is 1. The van der Waals surface area contributed by atoms with Gasteiger partial charge in [-0.05, 0) is 24.3 Å². The molecule has 0 fully saturated rings. The van der Waals surface area contributed by atoms with Gasteiger partial charge in [0.05, 0.1) is 0 Å². The Kier molecular flexibility index (Phi) is 2.68. The minimum absolute atomic E-state index is 0.113. The fourth-order valence-corrected chi connectivity index (χ4v) is 1.70. The Balaban J connectivity index is 1.78. The highest BCUT2D eigenvalue weighted by Gasteiger charge is 2.10. The van der Waals surface area contributed by atoms with Crippen molar-refractivity contribution < 1.29 is 23.5 Å². The molecule has 0 amide bonds. The third-order valence-corrected chi connectivity index (χ3v) is 2.57. The number of aromatic carboxylic acids is 1. The summed E-state index contributed by atoms with van der Waals surface area (Å²) < 4.78 is 15.8. The summed E-state index contributed by atoms with van der Waals surface area (Å²) in [5.74, 6) is -0.236. The Morgan fingerprint density at radius 1 is 1.32 bits per heavy atom. The van der Waals surface area contributed by atoms with Crippen LogP contribution in [0.3, 0.4) is 0 Å². The molecule has 0 aliphatic rings. The largest absolute Gasteiger partial charge is 0.483 e. The van der Waals surface area contributed by atoms with E-state index < -0.39 is 5.97 Å². The fourth-order valence-electron chi connectivity index (χ4n) is 1.70. The number of aromatic nitrogens is 1. The highest BCUT2D eigenvalue weighted by molar-refractivity contribution is 5.84. The van der Waals surface area contributed by atoms with Crippen LogP contribution in [-0.4, -0.2) is 16.1 Å². The molecule has 3 aromatic rings. The van der Waals surface area contributed by atoms with Crippen molar-refractivity contribution >= 4 is 17.1 Å². The summed E-state index contributed by atoms with van der Waals surface area (Å²) in [4.78, 5) is 14.7. The molecule has 1 aromatic carbocycles. The van der Waals surface area contributed by atoms with Gasteiger partial charge in [-0.25, -0.2) is 9.78 Å². The Morgan fingerprint density at radius 2 is 2.21 bits per heavy atom. The summed E-state index contributed by atoms with van der Waals surface area (Å²) in [6.07, 6.45) is 1.34. The molecule has 1 N–H and O–H groups in total. The summed E-state index contributed by atoms with van der Waals surface area (Å²) in [5, 5.41) is 8.74. The summed E-state index contributed by atoms with van der Waals surface area (Å²) in [6.45, 7) is 0.124. The van der Waals surface area contributed by atoms with Crippen molar-refractivity contribution in [1.29, 1.82) is 0 Å². The highest BCUT2D eigenvalue weighted by Crippen LogP contribution is 2.24. The van der Waals surface area contributed by atoms with Crippen molar-refractivity contribution in [2.24, 2.45) is 0 Å². The number of para-hydroxylation sites is 1. The summed E-state index contributed by atoms with van der Waals surface area (Å²) in [5.41, 5.74) is 1.25.